The quantitative estimate of drug-likeness (QED) is 0.326. The second-order valence-corrected chi connectivity index (χ2v) is 5.91. The molecule has 21 heavy (non-hydrogen) atoms. The molecule has 1 aromatic rings. The average Bonchev–Trinajstić information content (AvgIpc) is 2.49. The van der Waals surface area contributed by atoms with Crippen molar-refractivity contribution in [2.45, 2.75) is 57.3 Å². The van der Waals surface area contributed by atoms with Gasteiger partial charge in [-0.2, -0.15) is 0 Å². The van der Waals surface area contributed by atoms with Gasteiger partial charge in [0.1, 0.15) is 0 Å². The van der Waals surface area contributed by atoms with Gasteiger partial charge in [-0.15, -0.1) is 19.7 Å². The monoisotopic (exact) mass is 282 g/mol. The second-order valence-electron chi connectivity index (χ2n) is 5.91. The van der Waals surface area contributed by atoms with Crippen LogP contribution in [0.1, 0.15) is 56.6 Å². The van der Waals surface area contributed by atoms with Crippen molar-refractivity contribution >= 4 is 0 Å². The SMILES string of the molecule is C=CCC(CC=C)(CC=C)c1ccc(CCCCC)cc1. The molecule has 0 fully saturated rings. The molecular formula is C21H30. The molecule has 0 radical (unpaired) electrons. The molecule has 0 heteroatoms. The van der Waals surface area contributed by atoms with Crippen LogP contribution in [0.3, 0.4) is 0 Å². The molecule has 0 saturated carbocycles. The van der Waals surface area contributed by atoms with Crippen LogP contribution in [0.5, 0.6) is 0 Å². The molecule has 0 N–H and O–H groups in total. The van der Waals surface area contributed by atoms with Crippen LogP contribution >= 0.6 is 0 Å². The van der Waals surface area contributed by atoms with E-state index in [1.54, 1.807) is 0 Å². The fourth-order valence-corrected chi connectivity index (χ4v) is 3.04. The molecule has 0 aliphatic rings. The van der Waals surface area contributed by atoms with Gasteiger partial charge in [0.15, 0.2) is 0 Å². The highest BCUT2D eigenvalue weighted by atomic mass is 14.3. The summed E-state index contributed by atoms with van der Waals surface area (Å²) in [4.78, 5) is 0. The van der Waals surface area contributed by atoms with Gasteiger partial charge in [-0.25, -0.2) is 0 Å². The molecule has 0 saturated heterocycles. The van der Waals surface area contributed by atoms with Gasteiger partial charge in [0.2, 0.25) is 0 Å². The number of allylic oxidation sites excluding steroid dienone is 3. The summed E-state index contributed by atoms with van der Waals surface area (Å²) in [7, 11) is 0. The van der Waals surface area contributed by atoms with E-state index in [0.717, 1.165) is 19.3 Å². The van der Waals surface area contributed by atoms with Crippen molar-refractivity contribution in [1.29, 1.82) is 0 Å². The Kier molecular flexibility index (Phi) is 7.82. The van der Waals surface area contributed by atoms with E-state index >= 15 is 0 Å². The number of rotatable bonds is 11. The van der Waals surface area contributed by atoms with Crippen molar-refractivity contribution in [3.8, 4) is 0 Å². The Bertz CT molecular complexity index is 409. The van der Waals surface area contributed by atoms with Crippen molar-refractivity contribution < 1.29 is 0 Å². The first kappa shape index (κ1) is 17.5. The van der Waals surface area contributed by atoms with Crippen LogP contribution in [-0.4, -0.2) is 0 Å². The van der Waals surface area contributed by atoms with Gasteiger partial charge in [0, 0.05) is 5.41 Å². The van der Waals surface area contributed by atoms with Crippen LogP contribution in [0, 0.1) is 0 Å². The van der Waals surface area contributed by atoms with Crippen molar-refractivity contribution in [3.63, 3.8) is 0 Å². The van der Waals surface area contributed by atoms with E-state index < -0.39 is 0 Å². The molecular weight excluding hydrogens is 252 g/mol. The highest BCUT2D eigenvalue weighted by molar-refractivity contribution is 5.31. The van der Waals surface area contributed by atoms with Gasteiger partial charge in [-0.1, -0.05) is 62.3 Å². The van der Waals surface area contributed by atoms with Crippen molar-refractivity contribution in [1.82, 2.24) is 0 Å². The normalized spacial score (nSPS) is 11.1. The lowest BCUT2D eigenvalue weighted by atomic mass is 9.72. The van der Waals surface area contributed by atoms with Crippen LogP contribution in [0.15, 0.2) is 62.2 Å². The Labute approximate surface area is 131 Å². The molecule has 0 heterocycles. The predicted octanol–water partition coefficient (Wildman–Crippen LogP) is 6.39. The van der Waals surface area contributed by atoms with Gasteiger partial charge in [-0.3, -0.25) is 0 Å². The van der Waals surface area contributed by atoms with Crippen LogP contribution < -0.4 is 0 Å². The summed E-state index contributed by atoms with van der Waals surface area (Å²) in [6.07, 6.45) is 14.0. The third-order valence-corrected chi connectivity index (χ3v) is 4.24. The van der Waals surface area contributed by atoms with Gasteiger partial charge >= 0.3 is 0 Å². The smallest absolute Gasteiger partial charge is 0.00560 e. The van der Waals surface area contributed by atoms with Crippen LogP contribution in [0.4, 0.5) is 0 Å². The number of benzene rings is 1. The van der Waals surface area contributed by atoms with E-state index in [2.05, 4.69) is 50.9 Å². The second kappa shape index (κ2) is 9.39. The molecule has 1 aromatic carbocycles. The van der Waals surface area contributed by atoms with E-state index in [1.165, 1.54) is 36.8 Å². The molecule has 0 nitrogen and oxygen atoms in total. The number of unbranched alkanes of at least 4 members (excludes halogenated alkanes) is 2. The van der Waals surface area contributed by atoms with E-state index in [-0.39, 0.29) is 5.41 Å². The summed E-state index contributed by atoms with van der Waals surface area (Å²) >= 11 is 0. The minimum atomic E-state index is 0.0766. The first-order valence-electron chi connectivity index (χ1n) is 8.14. The first-order chi connectivity index (χ1) is 10.2. The fourth-order valence-electron chi connectivity index (χ4n) is 3.04. The Morgan fingerprint density at radius 3 is 1.81 bits per heavy atom. The molecule has 0 aliphatic heterocycles. The number of aryl methyl sites for hydroxylation is 1. The number of hydrogen-bond acceptors (Lipinski definition) is 0. The molecule has 0 aromatic heterocycles. The van der Waals surface area contributed by atoms with Crippen LogP contribution in [-0.2, 0) is 11.8 Å². The highest BCUT2D eigenvalue weighted by Crippen LogP contribution is 2.36. The minimum absolute atomic E-state index is 0.0766. The summed E-state index contributed by atoms with van der Waals surface area (Å²) in [5.74, 6) is 0. The van der Waals surface area contributed by atoms with Gasteiger partial charge in [-0.05, 0) is 43.2 Å². The topological polar surface area (TPSA) is 0 Å². The van der Waals surface area contributed by atoms with E-state index in [9.17, 15) is 0 Å². The lowest BCUT2D eigenvalue weighted by molar-refractivity contribution is 0.442. The average molecular weight is 282 g/mol. The maximum absolute atomic E-state index is 3.93. The standard InChI is InChI=1S/C21H30/c1-5-9-10-11-19-12-14-20(15-13-19)21(16-6-2,17-7-3)18-8-4/h6-8,12-15H,2-5,9-11,16-18H2,1H3. The number of hydrogen-bond donors (Lipinski definition) is 0. The maximum Gasteiger partial charge on any atom is 0.00560 e. The van der Waals surface area contributed by atoms with E-state index in [0.29, 0.717) is 0 Å². The summed E-state index contributed by atoms with van der Waals surface area (Å²) in [6, 6.07) is 9.15. The zero-order valence-electron chi connectivity index (χ0n) is 13.6. The van der Waals surface area contributed by atoms with Crippen molar-refractivity contribution in [2.75, 3.05) is 0 Å². The predicted molar refractivity (Wildman–Crippen MR) is 95.8 cm³/mol. The lowest BCUT2D eigenvalue weighted by Gasteiger charge is -2.32. The largest absolute Gasteiger partial charge is 0.103 e. The van der Waals surface area contributed by atoms with Gasteiger partial charge in [0.25, 0.3) is 0 Å². The molecule has 0 atom stereocenters. The molecule has 0 unspecified atom stereocenters. The van der Waals surface area contributed by atoms with Crippen molar-refractivity contribution in [3.05, 3.63) is 73.4 Å². The fraction of sp³-hybridized carbons (Fsp3) is 0.429. The Hall–Kier alpha value is -1.56. The van der Waals surface area contributed by atoms with Gasteiger partial charge < -0.3 is 0 Å². The minimum Gasteiger partial charge on any atom is -0.103 e. The Balaban J connectivity index is 2.93. The summed E-state index contributed by atoms with van der Waals surface area (Å²) in [5, 5.41) is 0. The zero-order chi connectivity index (χ0) is 15.6. The lowest BCUT2D eigenvalue weighted by Crippen LogP contribution is -2.24. The first-order valence-corrected chi connectivity index (χ1v) is 8.14. The third-order valence-electron chi connectivity index (χ3n) is 4.24. The molecule has 0 amide bonds. The summed E-state index contributed by atoms with van der Waals surface area (Å²) in [5.41, 5.74) is 2.89. The highest BCUT2D eigenvalue weighted by Gasteiger charge is 2.28. The third kappa shape index (κ3) is 5.04. The van der Waals surface area contributed by atoms with E-state index in [4.69, 9.17) is 0 Å². The molecule has 1 rings (SSSR count). The summed E-state index contributed by atoms with van der Waals surface area (Å²) in [6.45, 7) is 14.1. The molecule has 0 aliphatic carbocycles. The van der Waals surface area contributed by atoms with Gasteiger partial charge in [0.05, 0.1) is 0 Å². The zero-order valence-corrected chi connectivity index (χ0v) is 13.6. The molecule has 0 bridgehead atoms. The Morgan fingerprint density at radius 1 is 0.857 bits per heavy atom. The molecule has 0 spiro atoms. The summed E-state index contributed by atoms with van der Waals surface area (Å²) < 4.78 is 0. The van der Waals surface area contributed by atoms with Crippen LogP contribution in [0.25, 0.3) is 0 Å². The maximum atomic E-state index is 3.93. The van der Waals surface area contributed by atoms with Crippen LogP contribution in [0.2, 0.25) is 0 Å². The molecule has 114 valence electrons. The Morgan fingerprint density at radius 2 is 1.38 bits per heavy atom. The van der Waals surface area contributed by atoms with E-state index in [1.807, 2.05) is 18.2 Å². The van der Waals surface area contributed by atoms with Crippen molar-refractivity contribution in [2.24, 2.45) is 0 Å².